The van der Waals surface area contributed by atoms with Crippen molar-refractivity contribution in [2.24, 2.45) is 11.8 Å². The van der Waals surface area contributed by atoms with E-state index in [1.807, 2.05) is 0 Å². The quantitative estimate of drug-likeness (QED) is 0.904. The lowest BCUT2D eigenvalue weighted by molar-refractivity contribution is 0.308. The van der Waals surface area contributed by atoms with Crippen LogP contribution in [-0.4, -0.2) is 23.6 Å². The van der Waals surface area contributed by atoms with Gasteiger partial charge < -0.3 is 5.32 Å². The Labute approximate surface area is 133 Å². The van der Waals surface area contributed by atoms with Crippen LogP contribution in [0.2, 0.25) is 0 Å². The van der Waals surface area contributed by atoms with Gasteiger partial charge in [-0.3, -0.25) is 0 Å². The number of hydrogen-bond donors (Lipinski definition) is 1. The van der Waals surface area contributed by atoms with E-state index in [1.165, 1.54) is 44.9 Å². The van der Waals surface area contributed by atoms with Gasteiger partial charge >= 0.3 is 0 Å². The number of benzene rings is 1. The predicted octanol–water partition coefficient (Wildman–Crippen LogP) is 4.05. The average Bonchev–Trinajstić information content (AvgIpc) is 3.04. The Balaban J connectivity index is 1.52. The molecule has 21 heavy (non-hydrogen) atoms. The largest absolute Gasteiger partial charge is 0.310 e. The predicted molar refractivity (Wildman–Crippen MR) is 91.9 cm³/mol. The molecule has 2 saturated carbocycles. The van der Waals surface area contributed by atoms with Crippen LogP contribution in [0.25, 0.3) is 0 Å². The van der Waals surface area contributed by atoms with Crippen molar-refractivity contribution in [3.63, 3.8) is 0 Å². The first kappa shape index (κ1) is 14.1. The summed E-state index contributed by atoms with van der Waals surface area (Å²) in [6.45, 7) is 0. The summed E-state index contributed by atoms with van der Waals surface area (Å²) in [4.78, 5) is 0. The Bertz CT molecular complexity index is 467. The van der Waals surface area contributed by atoms with Gasteiger partial charge in [0.25, 0.3) is 0 Å². The molecule has 0 aliphatic heterocycles. The van der Waals surface area contributed by atoms with Gasteiger partial charge in [-0.25, -0.2) is 0 Å². The molecule has 0 heterocycles. The van der Waals surface area contributed by atoms with Gasteiger partial charge in [-0.2, -0.15) is 11.8 Å². The molecule has 4 unspecified atom stereocenters. The van der Waals surface area contributed by atoms with Crippen LogP contribution >= 0.6 is 11.8 Å². The Morgan fingerprint density at radius 3 is 2.24 bits per heavy atom. The zero-order valence-electron chi connectivity index (χ0n) is 13.1. The van der Waals surface area contributed by atoms with Crippen LogP contribution in [0.15, 0.2) is 24.3 Å². The molecule has 114 valence electrons. The van der Waals surface area contributed by atoms with E-state index in [2.05, 4.69) is 47.6 Å². The molecule has 1 nitrogen and oxygen atoms in total. The number of rotatable bonds is 3. The molecule has 0 amide bonds. The lowest BCUT2D eigenvalue weighted by Gasteiger charge is -2.30. The molecule has 0 aromatic heterocycles. The summed E-state index contributed by atoms with van der Waals surface area (Å²) in [5, 5.41) is 4.99. The molecule has 1 aromatic rings. The molecular weight excluding hydrogens is 274 g/mol. The van der Waals surface area contributed by atoms with Gasteiger partial charge in [-0.05, 0) is 67.7 Å². The smallest absolute Gasteiger partial charge is 0.0198 e. The van der Waals surface area contributed by atoms with E-state index in [9.17, 15) is 0 Å². The Hall–Kier alpha value is -0.470. The molecule has 2 bridgehead atoms. The van der Waals surface area contributed by atoms with E-state index < -0.39 is 0 Å². The maximum Gasteiger partial charge on any atom is 0.0198 e. The minimum Gasteiger partial charge on any atom is -0.310 e. The Morgan fingerprint density at radius 2 is 1.62 bits per heavy atom. The van der Waals surface area contributed by atoms with Gasteiger partial charge in [0.15, 0.2) is 0 Å². The molecular formula is C19H27NS. The summed E-state index contributed by atoms with van der Waals surface area (Å²) in [5.74, 6) is 1.75. The molecule has 3 aliphatic carbocycles. The second-order valence-corrected chi connectivity index (χ2v) is 8.36. The molecule has 3 aliphatic rings. The number of hydrogen-bond acceptors (Lipinski definition) is 2. The zero-order chi connectivity index (χ0) is 14.2. The van der Waals surface area contributed by atoms with E-state index in [1.54, 1.807) is 11.1 Å². The standard InChI is InChI=1S/C19H27NS/c1-21-18-8-4-7-17(18)20-19-15-9-10-16(19)12-14-6-3-2-5-13(14)11-15/h2-3,5-6,15-20H,4,7-12H2,1H3. The highest BCUT2D eigenvalue weighted by molar-refractivity contribution is 7.99. The summed E-state index contributed by atoms with van der Waals surface area (Å²) in [6, 6.07) is 10.7. The fraction of sp³-hybridized carbons (Fsp3) is 0.684. The van der Waals surface area contributed by atoms with E-state index in [4.69, 9.17) is 0 Å². The maximum absolute atomic E-state index is 4.13. The molecule has 1 N–H and O–H groups in total. The van der Waals surface area contributed by atoms with Crippen molar-refractivity contribution in [1.82, 2.24) is 5.32 Å². The monoisotopic (exact) mass is 301 g/mol. The minimum atomic E-state index is 0.773. The van der Waals surface area contributed by atoms with Crippen LogP contribution in [0.1, 0.15) is 43.2 Å². The van der Waals surface area contributed by atoms with Gasteiger partial charge in [-0.1, -0.05) is 30.7 Å². The lowest BCUT2D eigenvalue weighted by Crippen LogP contribution is -2.46. The molecule has 0 radical (unpaired) electrons. The molecule has 4 rings (SSSR count). The van der Waals surface area contributed by atoms with Crippen LogP contribution in [0, 0.1) is 11.8 Å². The first-order valence-electron chi connectivity index (χ1n) is 8.71. The van der Waals surface area contributed by atoms with Crippen molar-refractivity contribution in [2.75, 3.05) is 6.26 Å². The van der Waals surface area contributed by atoms with Gasteiger partial charge in [0.05, 0.1) is 0 Å². The maximum atomic E-state index is 4.13. The van der Waals surface area contributed by atoms with Gasteiger partial charge in [0.2, 0.25) is 0 Å². The second kappa shape index (κ2) is 5.96. The zero-order valence-corrected chi connectivity index (χ0v) is 13.9. The van der Waals surface area contributed by atoms with E-state index in [0.29, 0.717) is 0 Å². The summed E-state index contributed by atoms with van der Waals surface area (Å²) in [6.07, 6.45) is 12.0. The number of fused-ring (bicyclic) bond motifs is 3. The molecule has 2 fully saturated rings. The van der Waals surface area contributed by atoms with Crippen LogP contribution in [0.4, 0.5) is 0 Å². The normalized spacial score (nSPS) is 38.2. The minimum absolute atomic E-state index is 0.773. The first-order valence-corrected chi connectivity index (χ1v) is 9.99. The molecule has 1 aromatic carbocycles. The summed E-state index contributed by atoms with van der Waals surface area (Å²) >= 11 is 2.08. The highest BCUT2D eigenvalue weighted by atomic mass is 32.2. The van der Waals surface area contributed by atoms with E-state index >= 15 is 0 Å². The first-order chi connectivity index (χ1) is 10.3. The van der Waals surface area contributed by atoms with Gasteiger partial charge in [0.1, 0.15) is 0 Å². The van der Waals surface area contributed by atoms with Gasteiger partial charge in [0, 0.05) is 17.3 Å². The highest BCUT2D eigenvalue weighted by Gasteiger charge is 2.41. The van der Waals surface area contributed by atoms with E-state index in [0.717, 1.165) is 29.2 Å². The average molecular weight is 301 g/mol. The van der Waals surface area contributed by atoms with Crippen LogP contribution in [-0.2, 0) is 12.8 Å². The lowest BCUT2D eigenvalue weighted by atomic mass is 9.94. The SMILES string of the molecule is CSC1CCCC1NC1C2CCC1Cc1ccccc1C2. The fourth-order valence-corrected chi connectivity index (χ4v) is 6.01. The summed E-state index contributed by atoms with van der Waals surface area (Å²) < 4.78 is 0. The van der Waals surface area contributed by atoms with Crippen molar-refractivity contribution in [3.8, 4) is 0 Å². The topological polar surface area (TPSA) is 12.0 Å². The summed E-state index contributed by atoms with van der Waals surface area (Å²) in [5.41, 5.74) is 3.26. The third-order valence-corrected chi connectivity index (χ3v) is 7.34. The molecule has 2 heteroatoms. The fourth-order valence-electron chi connectivity index (χ4n) is 5.07. The third-order valence-electron chi connectivity index (χ3n) is 6.17. The Morgan fingerprint density at radius 1 is 0.952 bits per heavy atom. The number of thioether (sulfide) groups is 1. The van der Waals surface area contributed by atoms with Crippen molar-refractivity contribution >= 4 is 11.8 Å². The van der Waals surface area contributed by atoms with E-state index in [-0.39, 0.29) is 0 Å². The van der Waals surface area contributed by atoms with Crippen molar-refractivity contribution in [1.29, 1.82) is 0 Å². The van der Waals surface area contributed by atoms with Crippen LogP contribution in [0.3, 0.4) is 0 Å². The molecule has 0 saturated heterocycles. The van der Waals surface area contributed by atoms with Crippen LogP contribution in [0.5, 0.6) is 0 Å². The van der Waals surface area contributed by atoms with Crippen LogP contribution < -0.4 is 5.32 Å². The Kier molecular flexibility index (Phi) is 4.02. The molecule has 0 spiro atoms. The number of nitrogens with one attached hydrogen (secondary N) is 1. The van der Waals surface area contributed by atoms with Gasteiger partial charge in [-0.15, -0.1) is 0 Å². The molecule has 4 atom stereocenters. The second-order valence-electron chi connectivity index (χ2n) is 7.28. The van der Waals surface area contributed by atoms with Crippen molar-refractivity contribution in [2.45, 2.75) is 62.3 Å². The highest BCUT2D eigenvalue weighted by Crippen LogP contribution is 2.41. The van der Waals surface area contributed by atoms with Crippen molar-refractivity contribution < 1.29 is 0 Å². The van der Waals surface area contributed by atoms with Crippen molar-refractivity contribution in [3.05, 3.63) is 35.4 Å². The third kappa shape index (κ3) is 2.66. The summed E-state index contributed by atoms with van der Waals surface area (Å²) in [7, 11) is 0.